The summed E-state index contributed by atoms with van der Waals surface area (Å²) < 4.78 is 0. The van der Waals surface area contributed by atoms with Crippen molar-refractivity contribution in [2.45, 2.75) is 84.5 Å². The summed E-state index contributed by atoms with van der Waals surface area (Å²) in [5.74, 6) is -0.420. The van der Waals surface area contributed by atoms with Gasteiger partial charge < -0.3 is 10.2 Å². The Kier molecular flexibility index (Phi) is 9.42. The summed E-state index contributed by atoms with van der Waals surface area (Å²) in [7, 11) is 0. The molecule has 1 rings (SSSR count). The molecule has 0 saturated carbocycles. The number of unbranched alkanes of at least 4 members (excludes halogenated alkanes) is 6. The van der Waals surface area contributed by atoms with Gasteiger partial charge in [0, 0.05) is 0 Å². The molecule has 0 aliphatic rings. The lowest BCUT2D eigenvalue weighted by molar-refractivity contribution is -0.136. The third-order valence-electron chi connectivity index (χ3n) is 4.28. The fraction of sp³-hybridized carbons (Fsp3) is 0.650. The molecular formula is C20H32O3. The highest BCUT2D eigenvalue weighted by Crippen LogP contribution is 2.28. The van der Waals surface area contributed by atoms with E-state index in [0.717, 1.165) is 55.2 Å². The highest BCUT2D eigenvalue weighted by molar-refractivity contribution is 5.70. The number of carboxylic acids is 1. The number of phenolic OH excluding ortho intramolecular Hbond substituents is 1. The van der Waals surface area contributed by atoms with Crippen LogP contribution in [-0.4, -0.2) is 16.2 Å². The third kappa shape index (κ3) is 7.54. The van der Waals surface area contributed by atoms with Gasteiger partial charge in [0.15, 0.2) is 0 Å². The molecular weight excluding hydrogens is 288 g/mol. The molecule has 3 nitrogen and oxygen atoms in total. The van der Waals surface area contributed by atoms with Crippen molar-refractivity contribution in [3.8, 4) is 5.75 Å². The molecule has 0 aromatic heterocycles. The van der Waals surface area contributed by atoms with Crippen LogP contribution in [0.1, 0.15) is 81.9 Å². The number of aromatic hydroxyl groups is 1. The van der Waals surface area contributed by atoms with E-state index < -0.39 is 5.97 Å². The van der Waals surface area contributed by atoms with E-state index in [1.165, 1.54) is 25.7 Å². The number of phenols is 1. The normalized spacial score (nSPS) is 10.9. The van der Waals surface area contributed by atoms with Gasteiger partial charge in [-0.05, 0) is 42.4 Å². The second-order valence-corrected chi connectivity index (χ2v) is 6.45. The van der Waals surface area contributed by atoms with Crippen LogP contribution in [0.4, 0.5) is 0 Å². The molecule has 23 heavy (non-hydrogen) atoms. The van der Waals surface area contributed by atoms with E-state index in [9.17, 15) is 9.90 Å². The molecule has 0 unspecified atom stereocenters. The van der Waals surface area contributed by atoms with Crippen molar-refractivity contribution in [2.75, 3.05) is 0 Å². The Hall–Kier alpha value is -1.51. The Bertz CT molecular complexity index is 447. The molecule has 0 heterocycles. The quantitative estimate of drug-likeness (QED) is 0.516. The topological polar surface area (TPSA) is 57.5 Å². The van der Waals surface area contributed by atoms with E-state index in [-0.39, 0.29) is 6.42 Å². The number of rotatable bonds is 12. The maximum absolute atomic E-state index is 11.0. The highest BCUT2D eigenvalue weighted by atomic mass is 16.4. The van der Waals surface area contributed by atoms with E-state index in [4.69, 9.17) is 5.11 Å². The second-order valence-electron chi connectivity index (χ2n) is 6.45. The van der Waals surface area contributed by atoms with Crippen LogP contribution in [-0.2, 0) is 24.1 Å². The summed E-state index contributed by atoms with van der Waals surface area (Å²) in [6.45, 7) is 4.36. The summed E-state index contributed by atoms with van der Waals surface area (Å²) >= 11 is 0. The summed E-state index contributed by atoms with van der Waals surface area (Å²) in [4.78, 5) is 11.0. The monoisotopic (exact) mass is 320 g/mol. The first kappa shape index (κ1) is 19.5. The van der Waals surface area contributed by atoms with Gasteiger partial charge in [0.2, 0.25) is 0 Å². The molecule has 0 saturated heterocycles. The van der Waals surface area contributed by atoms with Crippen LogP contribution in [0.25, 0.3) is 0 Å². The van der Waals surface area contributed by atoms with Crippen molar-refractivity contribution in [3.05, 3.63) is 28.8 Å². The molecule has 2 N–H and O–H groups in total. The number of hydrogen-bond donors (Lipinski definition) is 2. The van der Waals surface area contributed by atoms with E-state index >= 15 is 0 Å². The van der Waals surface area contributed by atoms with Crippen LogP contribution in [0.2, 0.25) is 0 Å². The fourth-order valence-corrected chi connectivity index (χ4v) is 2.97. The summed E-state index contributed by atoms with van der Waals surface area (Å²) in [6, 6.07) is 3.76. The Morgan fingerprint density at radius 1 is 0.870 bits per heavy atom. The van der Waals surface area contributed by atoms with Crippen molar-refractivity contribution >= 4 is 5.97 Å². The van der Waals surface area contributed by atoms with Gasteiger partial charge in [-0.1, -0.05) is 64.5 Å². The van der Waals surface area contributed by atoms with E-state index in [2.05, 4.69) is 13.8 Å². The molecule has 0 aliphatic carbocycles. The minimum Gasteiger partial charge on any atom is -0.507 e. The molecule has 130 valence electrons. The van der Waals surface area contributed by atoms with Gasteiger partial charge in [0.1, 0.15) is 5.75 Å². The van der Waals surface area contributed by atoms with Gasteiger partial charge in [0.25, 0.3) is 0 Å². The van der Waals surface area contributed by atoms with Crippen molar-refractivity contribution in [3.63, 3.8) is 0 Å². The maximum Gasteiger partial charge on any atom is 0.307 e. The molecule has 3 heteroatoms. The van der Waals surface area contributed by atoms with Crippen LogP contribution in [0, 0.1) is 0 Å². The third-order valence-corrected chi connectivity index (χ3v) is 4.28. The SMILES string of the molecule is CCCCCCc1cc(CC(=O)O)cc(CCCCCC)c1O. The first-order valence-corrected chi connectivity index (χ1v) is 9.13. The molecule has 0 fully saturated rings. The second kappa shape index (κ2) is 11.1. The Labute approximate surface area is 140 Å². The minimum atomic E-state index is -0.815. The number of carboxylic acid groups (broad SMARTS) is 1. The lowest BCUT2D eigenvalue weighted by Gasteiger charge is -2.13. The van der Waals surface area contributed by atoms with Gasteiger partial charge in [-0.2, -0.15) is 0 Å². The molecule has 0 spiro atoms. The zero-order valence-corrected chi connectivity index (χ0v) is 14.7. The molecule has 0 amide bonds. The van der Waals surface area contributed by atoms with Crippen molar-refractivity contribution < 1.29 is 15.0 Å². The van der Waals surface area contributed by atoms with E-state index in [0.29, 0.717) is 5.75 Å². The number of benzene rings is 1. The summed E-state index contributed by atoms with van der Waals surface area (Å²) in [6.07, 6.45) is 10.9. The van der Waals surface area contributed by atoms with Gasteiger partial charge in [0.05, 0.1) is 6.42 Å². The van der Waals surface area contributed by atoms with Gasteiger partial charge in [-0.15, -0.1) is 0 Å². The standard InChI is InChI=1S/C20H32O3/c1-3-5-7-9-11-17-13-16(15-19(21)22)14-18(20(17)23)12-10-8-6-4-2/h13-14,23H,3-12,15H2,1-2H3,(H,21,22). The molecule has 1 aromatic rings. The molecule has 0 atom stereocenters. The predicted octanol–water partition coefficient (Wildman–Crippen LogP) is 5.26. The number of hydrogen-bond acceptors (Lipinski definition) is 2. The first-order valence-electron chi connectivity index (χ1n) is 9.13. The highest BCUT2D eigenvalue weighted by Gasteiger charge is 2.12. The first-order chi connectivity index (χ1) is 11.1. The van der Waals surface area contributed by atoms with Crippen molar-refractivity contribution in [1.29, 1.82) is 0 Å². The van der Waals surface area contributed by atoms with Crippen LogP contribution in [0.5, 0.6) is 5.75 Å². The number of carbonyl (C=O) groups is 1. The fourth-order valence-electron chi connectivity index (χ4n) is 2.97. The van der Waals surface area contributed by atoms with Crippen molar-refractivity contribution in [2.24, 2.45) is 0 Å². The minimum absolute atomic E-state index is 0.0319. The number of aryl methyl sites for hydroxylation is 2. The predicted molar refractivity (Wildman–Crippen MR) is 95.1 cm³/mol. The molecule has 0 aliphatic heterocycles. The number of aliphatic carboxylic acids is 1. The van der Waals surface area contributed by atoms with Crippen LogP contribution < -0.4 is 0 Å². The lowest BCUT2D eigenvalue weighted by Crippen LogP contribution is -2.03. The Morgan fingerprint density at radius 3 is 1.74 bits per heavy atom. The zero-order valence-electron chi connectivity index (χ0n) is 14.7. The molecule has 0 bridgehead atoms. The Balaban J connectivity index is 2.81. The zero-order chi connectivity index (χ0) is 17.1. The van der Waals surface area contributed by atoms with Crippen molar-refractivity contribution in [1.82, 2.24) is 0 Å². The van der Waals surface area contributed by atoms with Gasteiger partial charge in [-0.3, -0.25) is 4.79 Å². The van der Waals surface area contributed by atoms with Gasteiger partial charge >= 0.3 is 5.97 Å². The van der Waals surface area contributed by atoms with Crippen LogP contribution in [0.3, 0.4) is 0 Å². The summed E-state index contributed by atoms with van der Waals surface area (Å²) in [5.41, 5.74) is 2.65. The lowest BCUT2D eigenvalue weighted by atomic mass is 9.95. The van der Waals surface area contributed by atoms with Crippen LogP contribution in [0.15, 0.2) is 12.1 Å². The molecule has 1 aromatic carbocycles. The van der Waals surface area contributed by atoms with E-state index in [1.54, 1.807) is 0 Å². The summed E-state index contributed by atoms with van der Waals surface area (Å²) in [5, 5.41) is 19.6. The van der Waals surface area contributed by atoms with E-state index in [1.807, 2.05) is 12.1 Å². The average Bonchev–Trinajstić information content (AvgIpc) is 2.51. The smallest absolute Gasteiger partial charge is 0.307 e. The van der Waals surface area contributed by atoms with Gasteiger partial charge in [-0.25, -0.2) is 0 Å². The largest absolute Gasteiger partial charge is 0.507 e. The Morgan fingerprint density at radius 2 is 1.35 bits per heavy atom. The van der Waals surface area contributed by atoms with Crippen LogP contribution >= 0.6 is 0 Å². The average molecular weight is 320 g/mol. The molecule has 0 radical (unpaired) electrons. The maximum atomic E-state index is 11.0.